The van der Waals surface area contributed by atoms with Crippen molar-refractivity contribution in [1.82, 2.24) is 0 Å². The van der Waals surface area contributed by atoms with Crippen LogP contribution in [0, 0.1) is 0 Å². The summed E-state index contributed by atoms with van der Waals surface area (Å²) in [5, 5.41) is 2.94. The lowest BCUT2D eigenvalue weighted by molar-refractivity contribution is -0.115. The number of methoxy groups -OCH3 is 1. The van der Waals surface area contributed by atoms with E-state index in [4.69, 9.17) is 9.47 Å². The Morgan fingerprint density at radius 2 is 2.11 bits per heavy atom. The number of thiophene rings is 1. The molecule has 138 valence electrons. The van der Waals surface area contributed by atoms with Crippen LogP contribution in [0.2, 0.25) is 0 Å². The van der Waals surface area contributed by atoms with E-state index in [0.29, 0.717) is 6.42 Å². The summed E-state index contributed by atoms with van der Waals surface area (Å²) in [5.41, 5.74) is 3.77. The summed E-state index contributed by atoms with van der Waals surface area (Å²) in [7, 11) is 1.66. The summed E-state index contributed by atoms with van der Waals surface area (Å²) in [5.74, 6) is 1.55. The molecule has 6 heteroatoms. The predicted octanol–water partition coefficient (Wildman–Crippen LogP) is 6.02. The van der Waals surface area contributed by atoms with Crippen LogP contribution in [0.5, 0.6) is 11.5 Å². The summed E-state index contributed by atoms with van der Waals surface area (Å²) in [6, 6.07) is 15.9. The third-order valence-corrected chi connectivity index (χ3v) is 6.18. The van der Waals surface area contributed by atoms with Crippen LogP contribution in [0.15, 0.2) is 52.3 Å². The van der Waals surface area contributed by atoms with Crippen molar-refractivity contribution in [3.8, 4) is 22.6 Å². The molecule has 27 heavy (non-hydrogen) atoms. The standard InChI is InChI=1S/C21H18BrNO3S/c1-3-19(24)23-12-7-8-13-14(11-12)21(17-9-10-18(22)27-17)26-16-6-4-5-15(25-2)20(13)16/h4-11,21H,3H2,1-2H3,(H,23,24). The van der Waals surface area contributed by atoms with Gasteiger partial charge in [0.05, 0.1) is 21.3 Å². The fourth-order valence-electron chi connectivity index (χ4n) is 3.25. The molecule has 1 aliphatic heterocycles. The second-order valence-corrected chi connectivity index (χ2v) is 8.67. The van der Waals surface area contributed by atoms with E-state index < -0.39 is 0 Å². The van der Waals surface area contributed by atoms with Crippen LogP contribution < -0.4 is 14.8 Å². The first-order valence-electron chi connectivity index (χ1n) is 8.63. The molecule has 0 spiro atoms. The van der Waals surface area contributed by atoms with Crippen LogP contribution in [-0.4, -0.2) is 13.0 Å². The molecule has 4 nitrogen and oxygen atoms in total. The lowest BCUT2D eigenvalue weighted by Crippen LogP contribution is -2.16. The largest absolute Gasteiger partial charge is 0.496 e. The van der Waals surface area contributed by atoms with Crippen molar-refractivity contribution >= 4 is 38.9 Å². The zero-order valence-electron chi connectivity index (χ0n) is 14.9. The quantitative estimate of drug-likeness (QED) is 0.536. The number of anilines is 1. The molecule has 1 amide bonds. The number of hydrogen-bond donors (Lipinski definition) is 1. The van der Waals surface area contributed by atoms with Crippen molar-refractivity contribution in [3.05, 3.63) is 62.8 Å². The monoisotopic (exact) mass is 443 g/mol. The lowest BCUT2D eigenvalue weighted by atomic mass is 9.91. The maximum Gasteiger partial charge on any atom is 0.224 e. The van der Waals surface area contributed by atoms with Crippen LogP contribution in [0.4, 0.5) is 5.69 Å². The summed E-state index contributed by atoms with van der Waals surface area (Å²) < 4.78 is 13.0. The number of fused-ring (bicyclic) bond motifs is 3. The van der Waals surface area contributed by atoms with E-state index in [1.807, 2.05) is 49.4 Å². The summed E-state index contributed by atoms with van der Waals surface area (Å²) >= 11 is 5.18. The van der Waals surface area contributed by atoms with E-state index in [1.165, 1.54) is 0 Å². The minimum Gasteiger partial charge on any atom is -0.496 e. The predicted molar refractivity (Wildman–Crippen MR) is 112 cm³/mol. The Bertz CT molecular complexity index is 1010. The van der Waals surface area contributed by atoms with Gasteiger partial charge in [-0.3, -0.25) is 4.79 Å². The van der Waals surface area contributed by atoms with Gasteiger partial charge in [0.25, 0.3) is 0 Å². The number of benzene rings is 2. The molecule has 0 bridgehead atoms. The van der Waals surface area contributed by atoms with Gasteiger partial charge in [0.1, 0.15) is 11.5 Å². The van der Waals surface area contributed by atoms with Gasteiger partial charge in [-0.25, -0.2) is 0 Å². The zero-order valence-corrected chi connectivity index (χ0v) is 17.3. The van der Waals surface area contributed by atoms with Gasteiger partial charge in [-0.2, -0.15) is 0 Å². The average Bonchev–Trinajstić information content (AvgIpc) is 3.12. The van der Waals surface area contributed by atoms with Gasteiger partial charge in [-0.15, -0.1) is 11.3 Å². The molecule has 2 aromatic carbocycles. The van der Waals surface area contributed by atoms with Crippen molar-refractivity contribution in [3.63, 3.8) is 0 Å². The molecule has 3 aromatic rings. The van der Waals surface area contributed by atoms with Crippen LogP contribution in [0.3, 0.4) is 0 Å². The maximum absolute atomic E-state index is 11.8. The van der Waals surface area contributed by atoms with Gasteiger partial charge >= 0.3 is 0 Å². The number of amides is 1. The van der Waals surface area contributed by atoms with Crippen LogP contribution in [0.25, 0.3) is 11.1 Å². The van der Waals surface area contributed by atoms with Crippen LogP contribution >= 0.6 is 27.3 Å². The van der Waals surface area contributed by atoms with Crippen molar-refractivity contribution in [1.29, 1.82) is 0 Å². The van der Waals surface area contributed by atoms with Gasteiger partial charge in [-0.05, 0) is 57.9 Å². The molecule has 0 fully saturated rings. The van der Waals surface area contributed by atoms with E-state index in [-0.39, 0.29) is 12.0 Å². The van der Waals surface area contributed by atoms with Gasteiger partial charge in [0, 0.05) is 17.7 Å². The Morgan fingerprint density at radius 3 is 2.81 bits per heavy atom. The van der Waals surface area contributed by atoms with Crippen molar-refractivity contribution < 1.29 is 14.3 Å². The number of nitrogens with one attached hydrogen (secondary N) is 1. The Kier molecular flexibility index (Phi) is 4.93. The molecule has 0 saturated carbocycles. The Hall–Kier alpha value is -2.31. The first kappa shape index (κ1) is 18.1. The molecule has 1 unspecified atom stereocenters. The molecule has 1 N–H and O–H groups in total. The SMILES string of the molecule is CCC(=O)Nc1ccc2c(c1)C(c1ccc(Br)s1)Oc1cccc(OC)c1-2. The minimum absolute atomic E-state index is 0.0138. The molecule has 0 radical (unpaired) electrons. The molecule has 4 rings (SSSR count). The fraction of sp³-hybridized carbons (Fsp3) is 0.190. The van der Waals surface area contributed by atoms with E-state index in [0.717, 1.165) is 42.5 Å². The van der Waals surface area contributed by atoms with Gasteiger partial charge in [0.15, 0.2) is 6.10 Å². The molecular formula is C21H18BrNO3S. The number of halogens is 1. The van der Waals surface area contributed by atoms with Gasteiger partial charge in [-0.1, -0.05) is 19.1 Å². The Labute approximate surface area is 170 Å². The highest BCUT2D eigenvalue weighted by molar-refractivity contribution is 9.11. The number of ether oxygens (including phenoxy) is 2. The Morgan fingerprint density at radius 1 is 1.26 bits per heavy atom. The van der Waals surface area contributed by atoms with E-state index in [1.54, 1.807) is 18.4 Å². The van der Waals surface area contributed by atoms with E-state index in [9.17, 15) is 4.79 Å². The highest BCUT2D eigenvalue weighted by Gasteiger charge is 2.30. The first-order chi connectivity index (χ1) is 13.1. The molecule has 1 aliphatic rings. The number of carbonyl (C=O) groups is 1. The average molecular weight is 444 g/mol. The molecular weight excluding hydrogens is 426 g/mol. The maximum atomic E-state index is 11.8. The molecule has 1 aromatic heterocycles. The van der Waals surface area contributed by atoms with Crippen LogP contribution in [0.1, 0.15) is 29.9 Å². The number of carbonyl (C=O) groups excluding carboxylic acids is 1. The zero-order chi connectivity index (χ0) is 19.0. The highest BCUT2D eigenvalue weighted by atomic mass is 79.9. The molecule has 0 saturated heterocycles. The lowest BCUT2D eigenvalue weighted by Gasteiger charge is -2.29. The van der Waals surface area contributed by atoms with E-state index in [2.05, 4.69) is 27.3 Å². The first-order valence-corrected chi connectivity index (χ1v) is 10.2. The molecule has 0 aliphatic carbocycles. The van der Waals surface area contributed by atoms with Crippen molar-refractivity contribution in [2.45, 2.75) is 19.4 Å². The second kappa shape index (κ2) is 7.37. The van der Waals surface area contributed by atoms with Crippen LogP contribution in [-0.2, 0) is 4.79 Å². The highest BCUT2D eigenvalue weighted by Crippen LogP contribution is 2.50. The van der Waals surface area contributed by atoms with Crippen molar-refractivity contribution in [2.75, 3.05) is 12.4 Å². The molecule has 2 heterocycles. The normalized spacial score (nSPS) is 14.7. The topological polar surface area (TPSA) is 47.6 Å². The van der Waals surface area contributed by atoms with E-state index >= 15 is 0 Å². The Balaban J connectivity index is 1.88. The minimum atomic E-state index is -0.241. The van der Waals surface area contributed by atoms with Gasteiger partial charge < -0.3 is 14.8 Å². The molecule has 1 atom stereocenters. The smallest absolute Gasteiger partial charge is 0.224 e. The second-order valence-electron chi connectivity index (χ2n) is 6.18. The summed E-state index contributed by atoms with van der Waals surface area (Å²) in [4.78, 5) is 12.9. The third kappa shape index (κ3) is 3.35. The third-order valence-electron chi connectivity index (χ3n) is 4.51. The number of rotatable bonds is 4. The fourth-order valence-corrected chi connectivity index (χ4v) is 4.72. The van der Waals surface area contributed by atoms with Gasteiger partial charge in [0.2, 0.25) is 5.91 Å². The number of hydrogen-bond acceptors (Lipinski definition) is 4. The summed E-state index contributed by atoms with van der Waals surface area (Å²) in [6.45, 7) is 1.84. The van der Waals surface area contributed by atoms with Crippen molar-refractivity contribution in [2.24, 2.45) is 0 Å². The summed E-state index contributed by atoms with van der Waals surface area (Å²) in [6.07, 6.45) is 0.195.